The Balaban J connectivity index is 2.71. The van der Waals surface area contributed by atoms with Gasteiger partial charge in [-0.2, -0.15) is 0 Å². The van der Waals surface area contributed by atoms with Gasteiger partial charge in [-0.15, -0.1) is 0 Å². The Kier molecular flexibility index (Phi) is 10.3. The van der Waals surface area contributed by atoms with Crippen molar-refractivity contribution in [2.24, 2.45) is 5.92 Å². The van der Waals surface area contributed by atoms with E-state index < -0.39 is 6.04 Å². The van der Waals surface area contributed by atoms with E-state index in [9.17, 15) is 14.4 Å². The zero-order valence-electron chi connectivity index (χ0n) is 18.6. The number of carbonyl (C=O) groups is 3. The number of unbranched alkanes of at least 4 members (excludes halogenated alkanes) is 2. The monoisotopic (exact) mass is 396 g/mol. The molecule has 0 saturated carbocycles. The van der Waals surface area contributed by atoms with Crippen LogP contribution in [-0.4, -0.2) is 65.4 Å². The van der Waals surface area contributed by atoms with Gasteiger partial charge in [0.2, 0.25) is 11.8 Å². The number of rotatable bonds is 9. The van der Waals surface area contributed by atoms with Crippen molar-refractivity contribution in [3.8, 4) is 0 Å². The van der Waals surface area contributed by atoms with Crippen molar-refractivity contribution in [2.75, 3.05) is 19.6 Å². The van der Waals surface area contributed by atoms with Crippen LogP contribution in [0, 0.1) is 5.92 Å². The number of amides is 4. The zero-order valence-corrected chi connectivity index (χ0v) is 18.6. The van der Waals surface area contributed by atoms with Gasteiger partial charge in [-0.3, -0.25) is 9.59 Å². The molecular formula is C21H40N4O3. The third-order valence-corrected chi connectivity index (χ3v) is 5.42. The Morgan fingerprint density at radius 2 is 1.71 bits per heavy atom. The minimum absolute atomic E-state index is 0.0334. The molecule has 28 heavy (non-hydrogen) atoms. The van der Waals surface area contributed by atoms with Gasteiger partial charge in [-0.25, -0.2) is 4.79 Å². The summed E-state index contributed by atoms with van der Waals surface area (Å²) in [5, 5.41) is 5.89. The maximum absolute atomic E-state index is 13.2. The van der Waals surface area contributed by atoms with Crippen molar-refractivity contribution in [1.29, 1.82) is 0 Å². The molecule has 4 amide bonds. The second kappa shape index (κ2) is 11.9. The molecule has 1 heterocycles. The first kappa shape index (κ1) is 24.2. The first-order valence-corrected chi connectivity index (χ1v) is 10.9. The van der Waals surface area contributed by atoms with Crippen LogP contribution in [0.1, 0.15) is 73.6 Å². The van der Waals surface area contributed by atoms with Crippen molar-refractivity contribution in [3.05, 3.63) is 0 Å². The quantitative estimate of drug-likeness (QED) is 0.588. The molecule has 3 unspecified atom stereocenters. The van der Waals surface area contributed by atoms with Crippen molar-refractivity contribution in [3.63, 3.8) is 0 Å². The van der Waals surface area contributed by atoms with Gasteiger partial charge in [0.15, 0.2) is 0 Å². The molecule has 162 valence electrons. The summed E-state index contributed by atoms with van der Waals surface area (Å²) in [4.78, 5) is 41.3. The largest absolute Gasteiger partial charge is 0.344 e. The van der Waals surface area contributed by atoms with E-state index in [1.165, 1.54) is 0 Å². The number of nitrogens with zero attached hydrogens (tertiary/aromatic N) is 2. The predicted octanol–water partition coefficient (Wildman–Crippen LogP) is 2.75. The van der Waals surface area contributed by atoms with E-state index in [-0.39, 0.29) is 35.8 Å². The third kappa shape index (κ3) is 7.32. The normalized spacial score (nSPS) is 19.3. The van der Waals surface area contributed by atoms with Gasteiger partial charge in [0.1, 0.15) is 6.04 Å². The molecule has 0 aromatic rings. The topological polar surface area (TPSA) is 81.8 Å². The average molecular weight is 397 g/mol. The Bertz CT molecular complexity index is 524. The molecule has 1 aliphatic heterocycles. The molecule has 0 aromatic heterocycles. The maximum atomic E-state index is 13.2. The van der Waals surface area contributed by atoms with Gasteiger partial charge >= 0.3 is 6.03 Å². The van der Waals surface area contributed by atoms with Crippen LogP contribution in [0.2, 0.25) is 0 Å². The summed E-state index contributed by atoms with van der Waals surface area (Å²) < 4.78 is 0. The van der Waals surface area contributed by atoms with Crippen LogP contribution in [0.3, 0.4) is 0 Å². The Morgan fingerprint density at radius 1 is 1.04 bits per heavy atom. The fraction of sp³-hybridized carbons (Fsp3) is 0.857. The number of urea groups is 1. The summed E-state index contributed by atoms with van der Waals surface area (Å²) in [6.45, 7) is 13.5. The smallest absolute Gasteiger partial charge is 0.317 e. The molecule has 0 aliphatic carbocycles. The summed E-state index contributed by atoms with van der Waals surface area (Å²) in [6, 6.07) is -0.564. The summed E-state index contributed by atoms with van der Waals surface area (Å²) in [5.41, 5.74) is 0. The van der Waals surface area contributed by atoms with Crippen molar-refractivity contribution in [2.45, 2.75) is 91.8 Å². The molecule has 0 radical (unpaired) electrons. The molecule has 0 aromatic carbocycles. The molecule has 1 saturated heterocycles. The van der Waals surface area contributed by atoms with Crippen molar-refractivity contribution < 1.29 is 14.4 Å². The molecule has 7 heteroatoms. The standard InChI is InChI=1S/C21H40N4O3/c1-7-9-10-11-18(26)23-19(16(5)8-2)20(27)24-12-13-25(17(6)14-24)21(28)22-15(3)4/h15-17,19H,7-14H2,1-6H3,(H,22,28)(H,23,26). The Hall–Kier alpha value is -1.79. The van der Waals surface area contributed by atoms with Gasteiger partial charge in [-0.1, -0.05) is 40.0 Å². The summed E-state index contributed by atoms with van der Waals surface area (Å²) >= 11 is 0. The number of nitrogens with one attached hydrogen (secondary N) is 2. The second-order valence-electron chi connectivity index (χ2n) is 8.32. The third-order valence-electron chi connectivity index (χ3n) is 5.42. The minimum atomic E-state index is -0.498. The van der Waals surface area contributed by atoms with E-state index in [2.05, 4.69) is 17.6 Å². The molecule has 1 aliphatic rings. The van der Waals surface area contributed by atoms with Gasteiger partial charge < -0.3 is 20.4 Å². The highest BCUT2D eigenvalue weighted by Crippen LogP contribution is 2.16. The molecule has 0 spiro atoms. The summed E-state index contributed by atoms with van der Waals surface area (Å²) in [7, 11) is 0. The van der Waals surface area contributed by atoms with E-state index in [1.54, 1.807) is 9.80 Å². The van der Waals surface area contributed by atoms with E-state index in [1.807, 2.05) is 34.6 Å². The minimum Gasteiger partial charge on any atom is -0.344 e. The number of piperazine rings is 1. The van der Waals surface area contributed by atoms with E-state index in [4.69, 9.17) is 0 Å². The van der Waals surface area contributed by atoms with E-state index in [0.29, 0.717) is 26.1 Å². The van der Waals surface area contributed by atoms with Crippen LogP contribution >= 0.6 is 0 Å². The molecule has 3 atom stereocenters. The maximum Gasteiger partial charge on any atom is 0.317 e. The molecule has 2 N–H and O–H groups in total. The Morgan fingerprint density at radius 3 is 2.25 bits per heavy atom. The molecular weight excluding hydrogens is 356 g/mol. The van der Waals surface area contributed by atoms with Crippen molar-refractivity contribution >= 4 is 17.8 Å². The number of carbonyl (C=O) groups excluding carboxylic acids is 3. The van der Waals surface area contributed by atoms with Crippen LogP contribution in [0.15, 0.2) is 0 Å². The van der Waals surface area contributed by atoms with Gasteiger partial charge in [0.25, 0.3) is 0 Å². The highest BCUT2D eigenvalue weighted by atomic mass is 16.2. The predicted molar refractivity (Wildman–Crippen MR) is 112 cm³/mol. The van der Waals surface area contributed by atoms with E-state index in [0.717, 1.165) is 25.7 Å². The van der Waals surface area contributed by atoms with Crippen LogP contribution in [0.25, 0.3) is 0 Å². The van der Waals surface area contributed by atoms with Gasteiger partial charge in [-0.05, 0) is 33.1 Å². The number of hydrogen-bond donors (Lipinski definition) is 2. The molecule has 7 nitrogen and oxygen atoms in total. The van der Waals surface area contributed by atoms with Crippen LogP contribution in [0.5, 0.6) is 0 Å². The Labute approximate surface area is 170 Å². The van der Waals surface area contributed by atoms with Gasteiger partial charge in [0.05, 0.1) is 0 Å². The first-order valence-electron chi connectivity index (χ1n) is 10.9. The fourth-order valence-corrected chi connectivity index (χ4v) is 3.45. The lowest BCUT2D eigenvalue weighted by molar-refractivity contribution is -0.140. The summed E-state index contributed by atoms with van der Waals surface area (Å²) in [6.07, 6.45) is 4.22. The molecule has 1 rings (SSSR count). The van der Waals surface area contributed by atoms with Crippen LogP contribution < -0.4 is 10.6 Å². The lowest BCUT2D eigenvalue weighted by atomic mass is 9.96. The zero-order chi connectivity index (χ0) is 21.3. The molecule has 1 fully saturated rings. The van der Waals surface area contributed by atoms with Crippen LogP contribution in [-0.2, 0) is 9.59 Å². The lowest BCUT2D eigenvalue weighted by Gasteiger charge is -2.41. The highest BCUT2D eigenvalue weighted by molar-refractivity contribution is 5.88. The first-order chi connectivity index (χ1) is 13.2. The summed E-state index contributed by atoms with van der Waals surface area (Å²) in [5.74, 6) is -0.00995. The average Bonchev–Trinajstić information content (AvgIpc) is 2.64. The molecule has 0 bridgehead atoms. The van der Waals surface area contributed by atoms with Crippen molar-refractivity contribution in [1.82, 2.24) is 20.4 Å². The van der Waals surface area contributed by atoms with Gasteiger partial charge in [0, 0.05) is 38.1 Å². The fourth-order valence-electron chi connectivity index (χ4n) is 3.45. The highest BCUT2D eigenvalue weighted by Gasteiger charge is 2.35. The SMILES string of the molecule is CCCCCC(=O)NC(C(=O)N1CCN(C(=O)NC(C)C)C(C)C1)C(C)CC. The number of hydrogen-bond acceptors (Lipinski definition) is 3. The lowest BCUT2D eigenvalue weighted by Crippen LogP contribution is -2.61. The second-order valence-corrected chi connectivity index (χ2v) is 8.32. The van der Waals surface area contributed by atoms with Crippen LogP contribution in [0.4, 0.5) is 4.79 Å². The van der Waals surface area contributed by atoms with E-state index >= 15 is 0 Å².